The first-order valence-corrected chi connectivity index (χ1v) is 5.34. The molecule has 1 aromatic rings. The van der Waals surface area contributed by atoms with Crippen molar-refractivity contribution < 1.29 is 19.4 Å². The van der Waals surface area contributed by atoms with E-state index in [9.17, 15) is 9.59 Å². The first-order valence-electron chi connectivity index (χ1n) is 4.55. The van der Waals surface area contributed by atoms with Crippen molar-refractivity contribution in [3.8, 4) is 5.75 Å². The summed E-state index contributed by atoms with van der Waals surface area (Å²) in [5, 5.41) is 8.67. The number of aromatic carboxylic acids is 1. The van der Waals surface area contributed by atoms with Crippen molar-refractivity contribution in [1.29, 1.82) is 0 Å². The second kappa shape index (κ2) is 4.65. The molecule has 0 aliphatic rings. The second-order valence-electron chi connectivity index (χ2n) is 3.69. The van der Waals surface area contributed by atoms with E-state index in [4.69, 9.17) is 9.84 Å². The quantitative estimate of drug-likeness (QED) is 0.527. The minimum absolute atomic E-state index is 0.151. The van der Waals surface area contributed by atoms with Crippen LogP contribution in [0.1, 0.15) is 24.2 Å². The number of carbonyl (C=O) groups excluding carboxylic acids is 1. The highest BCUT2D eigenvalue weighted by molar-refractivity contribution is 9.10. The molecule has 0 amide bonds. The number of hydrogen-bond acceptors (Lipinski definition) is 3. The van der Waals surface area contributed by atoms with E-state index in [0.717, 1.165) is 0 Å². The predicted molar refractivity (Wildman–Crippen MR) is 62.0 cm³/mol. The molecule has 4 nitrogen and oxygen atoms in total. The lowest BCUT2D eigenvalue weighted by Crippen LogP contribution is -2.29. The largest absolute Gasteiger partial charge is 0.478 e. The fraction of sp³-hybridized carbons (Fsp3) is 0.273. The fourth-order valence-electron chi connectivity index (χ4n) is 0.894. The van der Waals surface area contributed by atoms with Crippen LogP contribution in [-0.4, -0.2) is 21.4 Å². The molecule has 1 rings (SSSR count). The molecule has 86 valence electrons. The summed E-state index contributed by atoms with van der Waals surface area (Å²) in [4.78, 5) is 22.0. The number of hydrogen-bond donors (Lipinski definition) is 1. The summed E-state index contributed by atoms with van der Waals surface area (Å²) in [6.07, 6.45) is 0. The minimum atomic E-state index is -1.02. The summed E-state index contributed by atoms with van der Waals surface area (Å²) in [6, 6.07) is 5.65. The van der Waals surface area contributed by atoms with Gasteiger partial charge in [-0.05, 0) is 38.1 Å². The van der Waals surface area contributed by atoms with Gasteiger partial charge in [0.05, 0.1) is 5.56 Å². The van der Waals surface area contributed by atoms with E-state index in [1.165, 1.54) is 24.3 Å². The van der Waals surface area contributed by atoms with Crippen LogP contribution in [0.3, 0.4) is 0 Å². The standard InChI is InChI=1S/C11H11BrO4/c1-11(2,12)10(15)16-8-5-3-7(4-6-8)9(13)14/h3-6H,1-2H3,(H,13,14). The van der Waals surface area contributed by atoms with Gasteiger partial charge in [-0.2, -0.15) is 0 Å². The van der Waals surface area contributed by atoms with Crippen molar-refractivity contribution in [2.24, 2.45) is 0 Å². The highest BCUT2D eigenvalue weighted by Gasteiger charge is 2.26. The van der Waals surface area contributed by atoms with E-state index in [1.807, 2.05) is 0 Å². The number of benzene rings is 1. The molecule has 0 fully saturated rings. The lowest BCUT2D eigenvalue weighted by molar-refractivity contribution is -0.136. The molecular weight excluding hydrogens is 276 g/mol. The molecule has 0 aliphatic heterocycles. The molecule has 0 saturated heterocycles. The molecule has 1 aromatic carbocycles. The van der Waals surface area contributed by atoms with Gasteiger partial charge in [-0.15, -0.1) is 0 Å². The highest BCUT2D eigenvalue weighted by atomic mass is 79.9. The maximum absolute atomic E-state index is 11.5. The summed E-state index contributed by atoms with van der Waals surface area (Å²) >= 11 is 3.17. The van der Waals surface area contributed by atoms with Crippen molar-refractivity contribution in [2.75, 3.05) is 0 Å². The Bertz CT molecular complexity index is 403. The Balaban J connectivity index is 2.77. The molecular formula is C11H11BrO4. The van der Waals surface area contributed by atoms with E-state index in [-0.39, 0.29) is 5.56 Å². The first kappa shape index (κ1) is 12.7. The molecule has 0 unspecified atom stereocenters. The van der Waals surface area contributed by atoms with Gasteiger partial charge in [-0.25, -0.2) is 4.79 Å². The third kappa shape index (κ3) is 3.34. The number of ether oxygens (including phenoxy) is 1. The van der Waals surface area contributed by atoms with Gasteiger partial charge in [0, 0.05) is 0 Å². The molecule has 0 bridgehead atoms. The minimum Gasteiger partial charge on any atom is -0.478 e. The van der Waals surface area contributed by atoms with Gasteiger partial charge in [0.15, 0.2) is 0 Å². The van der Waals surface area contributed by atoms with Crippen LogP contribution >= 0.6 is 15.9 Å². The summed E-state index contributed by atoms with van der Waals surface area (Å²) < 4.78 is 4.27. The van der Waals surface area contributed by atoms with Crippen molar-refractivity contribution in [1.82, 2.24) is 0 Å². The molecule has 0 aromatic heterocycles. The number of carbonyl (C=O) groups is 2. The first-order chi connectivity index (χ1) is 7.30. The lowest BCUT2D eigenvalue weighted by atomic mass is 10.2. The van der Waals surface area contributed by atoms with E-state index in [2.05, 4.69) is 15.9 Å². The normalized spacial score (nSPS) is 10.9. The smallest absolute Gasteiger partial charge is 0.335 e. The summed E-state index contributed by atoms with van der Waals surface area (Å²) in [5.41, 5.74) is 0.151. The molecule has 1 N–H and O–H groups in total. The fourth-order valence-corrected chi connectivity index (χ4v) is 0.975. The molecule has 0 heterocycles. The maximum atomic E-state index is 11.5. The van der Waals surface area contributed by atoms with Crippen LogP contribution in [0.4, 0.5) is 0 Å². The zero-order valence-electron chi connectivity index (χ0n) is 8.86. The monoisotopic (exact) mass is 286 g/mol. The molecule has 0 spiro atoms. The number of carboxylic acid groups (broad SMARTS) is 1. The van der Waals surface area contributed by atoms with Crippen LogP contribution in [0.2, 0.25) is 0 Å². The van der Waals surface area contributed by atoms with Gasteiger partial charge in [0.25, 0.3) is 0 Å². The third-order valence-electron chi connectivity index (χ3n) is 1.80. The third-order valence-corrected chi connectivity index (χ3v) is 2.12. The Morgan fingerprint density at radius 2 is 1.75 bits per heavy atom. The van der Waals surface area contributed by atoms with E-state index in [0.29, 0.717) is 5.75 Å². The van der Waals surface area contributed by atoms with Crippen LogP contribution in [0.5, 0.6) is 5.75 Å². The molecule has 5 heteroatoms. The Morgan fingerprint density at radius 3 is 2.12 bits per heavy atom. The lowest BCUT2D eigenvalue weighted by Gasteiger charge is -2.14. The van der Waals surface area contributed by atoms with Crippen molar-refractivity contribution in [3.63, 3.8) is 0 Å². The van der Waals surface area contributed by atoms with Crippen LogP contribution in [0.25, 0.3) is 0 Å². The Labute approximate surface area is 101 Å². The van der Waals surface area contributed by atoms with Crippen LogP contribution in [0.15, 0.2) is 24.3 Å². The average molecular weight is 287 g/mol. The zero-order chi connectivity index (χ0) is 12.3. The van der Waals surface area contributed by atoms with Crippen molar-refractivity contribution in [3.05, 3.63) is 29.8 Å². The van der Waals surface area contributed by atoms with Crippen LogP contribution < -0.4 is 4.74 Å². The van der Waals surface area contributed by atoms with Gasteiger partial charge in [0.2, 0.25) is 0 Å². The summed E-state index contributed by atoms with van der Waals surface area (Å²) in [6.45, 7) is 3.34. The van der Waals surface area contributed by atoms with Gasteiger partial charge in [-0.3, -0.25) is 4.79 Å². The van der Waals surface area contributed by atoms with Gasteiger partial charge in [-0.1, -0.05) is 15.9 Å². The molecule has 16 heavy (non-hydrogen) atoms. The van der Waals surface area contributed by atoms with Crippen LogP contribution in [-0.2, 0) is 4.79 Å². The average Bonchev–Trinajstić information content (AvgIpc) is 2.17. The molecule has 0 atom stereocenters. The van der Waals surface area contributed by atoms with Gasteiger partial charge in [0.1, 0.15) is 10.1 Å². The Morgan fingerprint density at radius 1 is 1.25 bits per heavy atom. The second-order valence-corrected chi connectivity index (χ2v) is 5.67. The number of carboxylic acids is 1. The van der Waals surface area contributed by atoms with E-state index in [1.54, 1.807) is 13.8 Å². The van der Waals surface area contributed by atoms with Gasteiger partial charge < -0.3 is 9.84 Å². The highest BCUT2D eigenvalue weighted by Crippen LogP contribution is 2.20. The molecule has 0 saturated carbocycles. The number of halogens is 1. The summed E-state index contributed by atoms with van der Waals surface area (Å²) in [5.74, 6) is -1.13. The van der Waals surface area contributed by atoms with E-state index >= 15 is 0 Å². The van der Waals surface area contributed by atoms with Crippen LogP contribution in [0, 0.1) is 0 Å². The maximum Gasteiger partial charge on any atom is 0.335 e. The number of rotatable bonds is 3. The SMILES string of the molecule is CC(C)(Br)C(=O)Oc1ccc(C(=O)O)cc1. The molecule has 0 aliphatic carbocycles. The molecule has 0 radical (unpaired) electrons. The Hall–Kier alpha value is -1.36. The zero-order valence-corrected chi connectivity index (χ0v) is 10.4. The topological polar surface area (TPSA) is 63.6 Å². The number of esters is 1. The number of alkyl halides is 1. The Kier molecular flexibility index (Phi) is 3.70. The van der Waals surface area contributed by atoms with E-state index < -0.39 is 16.3 Å². The van der Waals surface area contributed by atoms with Gasteiger partial charge >= 0.3 is 11.9 Å². The predicted octanol–water partition coefficient (Wildman–Crippen LogP) is 2.46. The van der Waals surface area contributed by atoms with Crippen molar-refractivity contribution in [2.45, 2.75) is 18.2 Å². The summed E-state index contributed by atoms with van der Waals surface area (Å²) in [7, 11) is 0. The van der Waals surface area contributed by atoms with Crippen molar-refractivity contribution >= 4 is 27.9 Å².